The highest BCUT2D eigenvalue weighted by Gasteiger charge is 2.23. The lowest BCUT2D eigenvalue weighted by molar-refractivity contribution is -0.121. The standard InChI is InChI=1S/C23H23Cl2N3O3/c1-16(17-7-3-2-4-8-17)28(13-12-21(29)26-15-18-9-6-14-31-18)23(30)27-20-11-5-10-19(24)22(20)25/h2-11,14,16H,12-13,15H2,1H3,(H,26,29)(H,27,30). The molecule has 2 aromatic carbocycles. The molecule has 2 N–H and O–H groups in total. The Hall–Kier alpha value is -2.96. The molecule has 0 bridgehead atoms. The maximum absolute atomic E-state index is 13.1. The van der Waals surface area contributed by atoms with Crippen molar-refractivity contribution in [2.45, 2.75) is 25.9 Å². The van der Waals surface area contributed by atoms with E-state index in [1.165, 1.54) is 0 Å². The third kappa shape index (κ3) is 6.26. The van der Waals surface area contributed by atoms with Crippen molar-refractivity contribution in [1.29, 1.82) is 0 Å². The summed E-state index contributed by atoms with van der Waals surface area (Å²) in [7, 11) is 0. The highest BCUT2D eigenvalue weighted by Crippen LogP contribution is 2.30. The van der Waals surface area contributed by atoms with Crippen LogP contribution in [0.15, 0.2) is 71.3 Å². The van der Waals surface area contributed by atoms with E-state index in [2.05, 4.69) is 10.6 Å². The fourth-order valence-corrected chi connectivity index (χ4v) is 3.43. The Morgan fingerprint density at radius 1 is 1.03 bits per heavy atom. The number of nitrogens with one attached hydrogen (secondary N) is 2. The maximum atomic E-state index is 13.1. The second-order valence-electron chi connectivity index (χ2n) is 6.92. The SMILES string of the molecule is CC(c1ccccc1)N(CCC(=O)NCc1ccco1)C(=O)Nc1cccc(Cl)c1Cl. The molecule has 0 saturated heterocycles. The Morgan fingerprint density at radius 3 is 2.52 bits per heavy atom. The number of urea groups is 1. The van der Waals surface area contributed by atoms with Crippen molar-refractivity contribution in [1.82, 2.24) is 10.2 Å². The van der Waals surface area contributed by atoms with Crippen molar-refractivity contribution in [2.24, 2.45) is 0 Å². The summed E-state index contributed by atoms with van der Waals surface area (Å²) in [5.74, 6) is 0.478. The van der Waals surface area contributed by atoms with Crippen molar-refractivity contribution in [3.63, 3.8) is 0 Å². The van der Waals surface area contributed by atoms with E-state index in [1.807, 2.05) is 37.3 Å². The lowest BCUT2D eigenvalue weighted by Crippen LogP contribution is -2.39. The van der Waals surface area contributed by atoms with Crippen molar-refractivity contribution in [3.05, 3.63) is 88.3 Å². The normalized spacial score (nSPS) is 11.6. The molecule has 6 nitrogen and oxygen atoms in total. The van der Waals surface area contributed by atoms with E-state index in [1.54, 1.807) is 41.5 Å². The number of furan rings is 1. The van der Waals surface area contributed by atoms with Crippen LogP contribution in [-0.2, 0) is 11.3 Å². The molecule has 1 heterocycles. The highest BCUT2D eigenvalue weighted by molar-refractivity contribution is 6.43. The molecule has 0 aliphatic rings. The van der Waals surface area contributed by atoms with Gasteiger partial charge in [0.15, 0.2) is 0 Å². The van der Waals surface area contributed by atoms with Gasteiger partial charge in [-0.25, -0.2) is 4.79 Å². The molecule has 0 fully saturated rings. The molecule has 1 atom stereocenters. The van der Waals surface area contributed by atoms with E-state index < -0.39 is 0 Å². The van der Waals surface area contributed by atoms with Crippen LogP contribution in [0.5, 0.6) is 0 Å². The Balaban J connectivity index is 1.70. The lowest BCUT2D eigenvalue weighted by Gasteiger charge is -2.30. The largest absolute Gasteiger partial charge is 0.467 e. The van der Waals surface area contributed by atoms with Crippen LogP contribution in [0.1, 0.15) is 30.7 Å². The van der Waals surface area contributed by atoms with Crippen molar-refractivity contribution >= 4 is 40.8 Å². The summed E-state index contributed by atoms with van der Waals surface area (Å²) in [6.07, 6.45) is 1.69. The van der Waals surface area contributed by atoms with Crippen LogP contribution in [0.3, 0.4) is 0 Å². The van der Waals surface area contributed by atoms with E-state index in [-0.39, 0.29) is 36.0 Å². The predicted octanol–water partition coefficient (Wildman–Crippen LogP) is 5.89. The first kappa shape index (κ1) is 22.7. The molecule has 3 rings (SSSR count). The second-order valence-corrected chi connectivity index (χ2v) is 7.70. The van der Waals surface area contributed by atoms with Gasteiger partial charge >= 0.3 is 6.03 Å². The number of amides is 3. The number of hydrogen-bond donors (Lipinski definition) is 2. The summed E-state index contributed by atoms with van der Waals surface area (Å²) in [4.78, 5) is 27.0. The first-order valence-corrected chi connectivity index (χ1v) is 10.6. The van der Waals surface area contributed by atoms with E-state index in [9.17, 15) is 9.59 Å². The summed E-state index contributed by atoms with van der Waals surface area (Å²) in [5.41, 5.74) is 1.36. The summed E-state index contributed by atoms with van der Waals surface area (Å²) in [6, 6.07) is 17.5. The third-order valence-electron chi connectivity index (χ3n) is 4.82. The quantitative estimate of drug-likeness (QED) is 0.440. The minimum absolute atomic E-state index is 0.134. The van der Waals surface area contributed by atoms with Gasteiger partial charge in [0.05, 0.1) is 34.6 Å². The number of carbonyl (C=O) groups excluding carboxylic acids is 2. The van der Waals surface area contributed by atoms with E-state index in [4.69, 9.17) is 27.6 Å². The molecule has 0 aliphatic heterocycles. The smallest absolute Gasteiger partial charge is 0.322 e. The predicted molar refractivity (Wildman–Crippen MR) is 122 cm³/mol. The topological polar surface area (TPSA) is 74.6 Å². The second kappa shape index (κ2) is 10.9. The fraction of sp³-hybridized carbons (Fsp3) is 0.217. The van der Waals surface area contributed by atoms with Gasteiger partial charge in [-0.2, -0.15) is 0 Å². The van der Waals surface area contributed by atoms with Crippen LogP contribution in [0.2, 0.25) is 10.0 Å². The Kier molecular flexibility index (Phi) is 7.98. The molecule has 0 radical (unpaired) electrons. The van der Waals surface area contributed by atoms with Gasteiger partial charge in [0.2, 0.25) is 5.91 Å². The average molecular weight is 460 g/mol. The summed E-state index contributed by atoms with van der Waals surface area (Å²) >= 11 is 12.3. The minimum atomic E-state index is -0.376. The molecular weight excluding hydrogens is 437 g/mol. The molecule has 0 saturated carbocycles. The third-order valence-corrected chi connectivity index (χ3v) is 5.64. The van der Waals surface area contributed by atoms with Gasteiger partial charge in [-0.1, -0.05) is 59.6 Å². The molecule has 162 valence electrons. The van der Waals surface area contributed by atoms with E-state index in [0.29, 0.717) is 23.0 Å². The van der Waals surface area contributed by atoms with Crippen molar-refractivity contribution in [3.8, 4) is 0 Å². The number of benzene rings is 2. The monoisotopic (exact) mass is 459 g/mol. The van der Waals surface area contributed by atoms with Gasteiger partial charge in [-0.3, -0.25) is 4.79 Å². The Bertz CT molecular complexity index is 1010. The summed E-state index contributed by atoms with van der Waals surface area (Å²) in [6.45, 7) is 2.42. The maximum Gasteiger partial charge on any atom is 0.322 e. The van der Waals surface area contributed by atoms with Gasteiger partial charge in [-0.05, 0) is 36.8 Å². The summed E-state index contributed by atoms with van der Waals surface area (Å²) in [5, 5.41) is 6.21. The van der Waals surface area contributed by atoms with Gasteiger partial charge in [0.25, 0.3) is 0 Å². The van der Waals surface area contributed by atoms with E-state index >= 15 is 0 Å². The first-order valence-electron chi connectivity index (χ1n) is 9.81. The van der Waals surface area contributed by atoms with Crippen molar-refractivity contribution in [2.75, 3.05) is 11.9 Å². The van der Waals surface area contributed by atoms with Gasteiger partial charge in [-0.15, -0.1) is 0 Å². The zero-order chi connectivity index (χ0) is 22.2. The zero-order valence-electron chi connectivity index (χ0n) is 17.0. The van der Waals surface area contributed by atoms with Crippen LogP contribution in [0.4, 0.5) is 10.5 Å². The van der Waals surface area contributed by atoms with Crippen molar-refractivity contribution < 1.29 is 14.0 Å². The molecule has 3 aromatic rings. The van der Waals surface area contributed by atoms with Crippen LogP contribution in [-0.4, -0.2) is 23.4 Å². The zero-order valence-corrected chi connectivity index (χ0v) is 18.5. The number of rotatable bonds is 8. The number of anilines is 1. The lowest BCUT2D eigenvalue weighted by atomic mass is 10.1. The van der Waals surface area contributed by atoms with E-state index in [0.717, 1.165) is 5.56 Å². The first-order chi connectivity index (χ1) is 15.0. The number of hydrogen-bond acceptors (Lipinski definition) is 3. The molecule has 8 heteroatoms. The Labute approximate surface area is 191 Å². The minimum Gasteiger partial charge on any atom is -0.467 e. The Morgan fingerprint density at radius 2 is 1.81 bits per heavy atom. The van der Waals surface area contributed by atoms with Gasteiger partial charge in [0.1, 0.15) is 5.76 Å². The van der Waals surface area contributed by atoms with Crippen LogP contribution in [0.25, 0.3) is 0 Å². The average Bonchev–Trinajstić information content (AvgIpc) is 3.30. The highest BCUT2D eigenvalue weighted by atomic mass is 35.5. The summed E-state index contributed by atoms with van der Waals surface area (Å²) < 4.78 is 5.22. The molecule has 1 aromatic heterocycles. The number of carbonyl (C=O) groups is 2. The fourth-order valence-electron chi connectivity index (χ4n) is 3.08. The molecule has 1 unspecified atom stereocenters. The molecule has 0 spiro atoms. The molecule has 0 aliphatic carbocycles. The van der Waals surface area contributed by atoms with Crippen LogP contribution >= 0.6 is 23.2 Å². The molecular formula is C23H23Cl2N3O3. The number of nitrogens with zero attached hydrogens (tertiary/aromatic N) is 1. The van der Waals surface area contributed by atoms with Crippen LogP contribution < -0.4 is 10.6 Å². The molecule has 3 amide bonds. The van der Waals surface area contributed by atoms with Crippen LogP contribution in [0, 0.1) is 0 Å². The van der Waals surface area contributed by atoms with Gasteiger partial charge in [0, 0.05) is 13.0 Å². The van der Waals surface area contributed by atoms with Gasteiger partial charge < -0.3 is 20.0 Å². The number of halogens is 2. The molecule has 31 heavy (non-hydrogen) atoms.